The Kier molecular flexibility index (Phi) is 17.3. The second-order valence-electron chi connectivity index (χ2n) is 7.48. The first kappa shape index (κ1) is 32.8. The minimum absolute atomic E-state index is 0.792. The summed E-state index contributed by atoms with van der Waals surface area (Å²) < 4.78 is 0. The Morgan fingerprint density at radius 1 is 0.316 bits per heavy atom. The van der Waals surface area contributed by atoms with E-state index in [1.165, 1.54) is 0 Å². The van der Waals surface area contributed by atoms with E-state index in [2.05, 4.69) is 39.5 Å². The second-order valence-corrected chi connectivity index (χ2v) is 7.48. The van der Waals surface area contributed by atoms with Crippen LogP contribution in [0.3, 0.4) is 0 Å². The summed E-state index contributed by atoms with van der Waals surface area (Å²) in [5.41, 5.74) is 29.4. The summed E-state index contributed by atoms with van der Waals surface area (Å²) in [5.74, 6) is 0. The Hall–Kier alpha value is -5.22. The zero-order chi connectivity index (χ0) is 28.8. The molecule has 0 aliphatic carbocycles. The van der Waals surface area contributed by atoms with E-state index in [9.17, 15) is 0 Å². The van der Waals surface area contributed by atoms with Gasteiger partial charge in [-0.3, -0.25) is 0 Å². The van der Waals surface area contributed by atoms with Gasteiger partial charge in [-0.15, -0.1) is 13.2 Å². The molecule has 0 saturated heterocycles. The maximum atomic E-state index is 5.45. The molecule has 0 unspecified atom stereocenters. The summed E-state index contributed by atoms with van der Waals surface area (Å²) in [5, 5.41) is 0. The van der Waals surface area contributed by atoms with Gasteiger partial charge in [0.2, 0.25) is 0 Å². The standard InChI is InChI=1S/4C8H9N.C2H4/c4*1-2-7-3-5-8(9)6-4-7;1-2/h4*2-6H,1,9H2;1-2H2. The fourth-order valence-corrected chi connectivity index (χ4v) is 2.53. The van der Waals surface area contributed by atoms with Gasteiger partial charge in [-0.25, -0.2) is 0 Å². The average molecular weight is 505 g/mol. The third-order valence-electron chi connectivity index (χ3n) is 4.69. The van der Waals surface area contributed by atoms with Crippen LogP contribution < -0.4 is 22.9 Å². The predicted molar refractivity (Wildman–Crippen MR) is 175 cm³/mol. The summed E-state index contributed by atoms with van der Waals surface area (Å²) in [7, 11) is 0. The molecule has 0 atom stereocenters. The number of nitrogen functional groups attached to an aromatic ring is 4. The molecule has 0 heterocycles. The normalized spacial score (nSPS) is 8.53. The number of benzene rings is 4. The number of anilines is 4. The number of hydrogen-bond acceptors (Lipinski definition) is 4. The summed E-state index contributed by atoms with van der Waals surface area (Å²) in [4.78, 5) is 0. The highest BCUT2D eigenvalue weighted by Gasteiger charge is 1.85. The van der Waals surface area contributed by atoms with E-state index in [0.717, 1.165) is 45.0 Å². The molecule has 4 aromatic carbocycles. The molecule has 38 heavy (non-hydrogen) atoms. The molecule has 4 aromatic rings. The van der Waals surface area contributed by atoms with Gasteiger partial charge in [0.1, 0.15) is 0 Å². The van der Waals surface area contributed by atoms with Crippen LogP contribution in [0.2, 0.25) is 0 Å². The third-order valence-corrected chi connectivity index (χ3v) is 4.69. The molecule has 0 spiro atoms. The number of nitrogens with two attached hydrogens (primary N) is 4. The molecule has 4 heteroatoms. The lowest BCUT2D eigenvalue weighted by Crippen LogP contribution is -1.81. The third kappa shape index (κ3) is 14.9. The lowest BCUT2D eigenvalue weighted by Gasteiger charge is -1.91. The van der Waals surface area contributed by atoms with Crippen molar-refractivity contribution >= 4 is 47.1 Å². The molecule has 0 aliphatic heterocycles. The second kappa shape index (κ2) is 20.0. The van der Waals surface area contributed by atoms with Gasteiger partial charge in [0.05, 0.1) is 0 Å². The van der Waals surface area contributed by atoms with Gasteiger partial charge < -0.3 is 22.9 Å². The van der Waals surface area contributed by atoms with Crippen LogP contribution in [0.4, 0.5) is 22.7 Å². The van der Waals surface area contributed by atoms with E-state index in [1.54, 1.807) is 24.3 Å². The van der Waals surface area contributed by atoms with Crippen molar-refractivity contribution in [3.8, 4) is 0 Å². The van der Waals surface area contributed by atoms with Crippen molar-refractivity contribution in [3.05, 3.63) is 159 Å². The lowest BCUT2D eigenvalue weighted by atomic mass is 10.2. The first-order valence-corrected chi connectivity index (χ1v) is 11.7. The minimum Gasteiger partial charge on any atom is -0.399 e. The Labute approximate surface area is 228 Å². The predicted octanol–water partition coefficient (Wildman–Crippen LogP) is 8.45. The van der Waals surface area contributed by atoms with E-state index in [4.69, 9.17) is 22.9 Å². The van der Waals surface area contributed by atoms with Crippen LogP contribution in [-0.4, -0.2) is 0 Å². The molecule has 0 radical (unpaired) electrons. The zero-order valence-corrected chi connectivity index (χ0v) is 22.1. The minimum atomic E-state index is 0.792. The molecular formula is C34H40N4. The van der Waals surface area contributed by atoms with E-state index in [0.29, 0.717) is 0 Å². The van der Waals surface area contributed by atoms with E-state index in [1.807, 2.05) is 97.1 Å². The largest absolute Gasteiger partial charge is 0.399 e. The maximum absolute atomic E-state index is 5.45. The van der Waals surface area contributed by atoms with Crippen molar-refractivity contribution < 1.29 is 0 Å². The smallest absolute Gasteiger partial charge is 0.0314 e. The molecule has 0 amide bonds. The quantitative estimate of drug-likeness (QED) is 0.165. The molecule has 0 saturated carbocycles. The highest BCUT2D eigenvalue weighted by molar-refractivity contribution is 5.53. The SMILES string of the molecule is C=C.C=Cc1ccc(N)cc1.C=Cc1ccc(N)cc1.C=Cc1ccc(N)cc1.C=Cc1ccc(N)cc1. The first-order valence-electron chi connectivity index (χ1n) is 11.7. The Morgan fingerprint density at radius 2 is 0.447 bits per heavy atom. The van der Waals surface area contributed by atoms with Crippen LogP contribution in [0, 0.1) is 0 Å². The van der Waals surface area contributed by atoms with Crippen LogP contribution in [0.1, 0.15) is 22.3 Å². The Bertz CT molecular complexity index is 1010. The molecule has 196 valence electrons. The molecular weight excluding hydrogens is 464 g/mol. The fourth-order valence-electron chi connectivity index (χ4n) is 2.53. The average Bonchev–Trinajstić information content (AvgIpc) is 2.97. The molecule has 0 aliphatic rings. The van der Waals surface area contributed by atoms with Crippen molar-refractivity contribution in [1.82, 2.24) is 0 Å². The topological polar surface area (TPSA) is 104 Å². The maximum Gasteiger partial charge on any atom is 0.0314 e. The van der Waals surface area contributed by atoms with Gasteiger partial charge in [0.25, 0.3) is 0 Å². The molecule has 0 fully saturated rings. The molecule has 8 N–H and O–H groups in total. The van der Waals surface area contributed by atoms with Gasteiger partial charge >= 0.3 is 0 Å². The van der Waals surface area contributed by atoms with E-state index in [-0.39, 0.29) is 0 Å². The summed E-state index contributed by atoms with van der Waals surface area (Å²) in [6.45, 7) is 20.5. The van der Waals surface area contributed by atoms with Crippen LogP contribution in [0.25, 0.3) is 24.3 Å². The monoisotopic (exact) mass is 504 g/mol. The van der Waals surface area contributed by atoms with Gasteiger partial charge in [-0.2, -0.15) is 0 Å². The van der Waals surface area contributed by atoms with Crippen molar-refractivity contribution in [2.24, 2.45) is 0 Å². The Balaban J connectivity index is 0.000000470. The number of rotatable bonds is 4. The molecule has 4 nitrogen and oxygen atoms in total. The van der Waals surface area contributed by atoms with Crippen LogP contribution >= 0.6 is 0 Å². The molecule has 4 rings (SSSR count). The van der Waals surface area contributed by atoms with Crippen molar-refractivity contribution in [2.45, 2.75) is 0 Å². The van der Waals surface area contributed by atoms with Crippen LogP contribution in [0.5, 0.6) is 0 Å². The van der Waals surface area contributed by atoms with Crippen molar-refractivity contribution in [2.75, 3.05) is 22.9 Å². The lowest BCUT2D eigenvalue weighted by molar-refractivity contribution is 1.65. The van der Waals surface area contributed by atoms with Crippen molar-refractivity contribution in [1.29, 1.82) is 0 Å². The highest BCUT2D eigenvalue weighted by Crippen LogP contribution is 2.07. The molecule has 0 aromatic heterocycles. The fraction of sp³-hybridized carbons (Fsp3) is 0. The van der Waals surface area contributed by atoms with Crippen LogP contribution in [-0.2, 0) is 0 Å². The molecule has 0 bridgehead atoms. The first-order chi connectivity index (χ1) is 18.3. The summed E-state index contributed by atoms with van der Waals surface area (Å²) in [6.07, 6.45) is 7.16. The van der Waals surface area contributed by atoms with Gasteiger partial charge in [0.15, 0.2) is 0 Å². The van der Waals surface area contributed by atoms with E-state index < -0.39 is 0 Å². The number of hydrogen-bond donors (Lipinski definition) is 4. The van der Waals surface area contributed by atoms with Gasteiger partial charge in [0, 0.05) is 22.7 Å². The summed E-state index contributed by atoms with van der Waals surface area (Å²) in [6, 6.07) is 30.3. The van der Waals surface area contributed by atoms with Crippen molar-refractivity contribution in [3.63, 3.8) is 0 Å². The zero-order valence-electron chi connectivity index (χ0n) is 22.1. The Morgan fingerprint density at radius 3 is 0.553 bits per heavy atom. The highest BCUT2D eigenvalue weighted by atomic mass is 14.5. The van der Waals surface area contributed by atoms with Gasteiger partial charge in [-0.05, 0) is 70.8 Å². The van der Waals surface area contributed by atoms with E-state index >= 15 is 0 Å². The van der Waals surface area contributed by atoms with Crippen LogP contribution in [0.15, 0.2) is 137 Å². The summed E-state index contributed by atoms with van der Waals surface area (Å²) >= 11 is 0. The van der Waals surface area contributed by atoms with Gasteiger partial charge in [-0.1, -0.05) is 99.2 Å².